The SMILES string of the molecule is Oc1cccc(CN[C@H](c2ccc(F)c(F)c2)c2ncon2)c1. The van der Waals surface area contributed by atoms with Crippen molar-refractivity contribution in [3.05, 3.63) is 77.4 Å². The molecule has 0 unspecified atom stereocenters. The van der Waals surface area contributed by atoms with Gasteiger partial charge in [-0.2, -0.15) is 4.98 Å². The van der Waals surface area contributed by atoms with E-state index in [4.69, 9.17) is 4.52 Å². The van der Waals surface area contributed by atoms with Gasteiger partial charge < -0.3 is 9.63 Å². The molecule has 0 aliphatic carbocycles. The molecule has 0 aliphatic rings. The Hall–Kier alpha value is -2.80. The summed E-state index contributed by atoms with van der Waals surface area (Å²) in [6.45, 7) is 0.368. The van der Waals surface area contributed by atoms with Gasteiger partial charge in [-0.1, -0.05) is 23.4 Å². The maximum atomic E-state index is 13.5. The quantitative estimate of drug-likeness (QED) is 0.757. The average Bonchev–Trinajstić information content (AvgIpc) is 3.05. The number of aromatic hydroxyl groups is 1. The molecule has 118 valence electrons. The first kappa shape index (κ1) is 15.1. The highest BCUT2D eigenvalue weighted by atomic mass is 19.2. The van der Waals surface area contributed by atoms with Crippen LogP contribution in [0.1, 0.15) is 23.0 Å². The molecule has 0 saturated heterocycles. The molecule has 2 N–H and O–H groups in total. The van der Waals surface area contributed by atoms with Crippen molar-refractivity contribution in [3.8, 4) is 5.75 Å². The second-order valence-corrected chi connectivity index (χ2v) is 4.95. The molecule has 3 rings (SSSR count). The van der Waals surface area contributed by atoms with Gasteiger partial charge in [0.25, 0.3) is 0 Å². The van der Waals surface area contributed by atoms with Crippen LogP contribution in [0.5, 0.6) is 5.75 Å². The fourth-order valence-electron chi connectivity index (χ4n) is 2.24. The molecule has 5 nitrogen and oxygen atoms in total. The zero-order valence-corrected chi connectivity index (χ0v) is 11.9. The number of aromatic nitrogens is 2. The molecule has 0 amide bonds. The summed E-state index contributed by atoms with van der Waals surface area (Å²) in [6, 6.07) is 9.72. The van der Waals surface area contributed by atoms with Gasteiger partial charge in [-0.15, -0.1) is 0 Å². The van der Waals surface area contributed by atoms with E-state index in [-0.39, 0.29) is 5.75 Å². The summed E-state index contributed by atoms with van der Waals surface area (Å²) in [5, 5.41) is 16.4. The third kappa shape index (κ3) is 3.51. The van der Waals surface area contributed by atoms with Gasteiger partial charge in [0.05, 0.1) is 6.04 Å². The zero-order valence-electron chi connectivity index (χ0n) is 11.9. The Morgan fingerprint density at radius 1 is 1.13 bits per heavy atom. The Kier molecular flexibility index (Phi) is 4.29. The average molecular weight is 317 g/mol. The van der Waals surface area contributed by atoms with Crippen LogP contribution in [0.4, 0.5) is 8.78 Å². The van der Waals surface area contributed by atoms with Crippen LogP contribution in [0.15, 0.2) is 53.4 Å². The van der Waals surface area contributed by atoms with Crippen LogP contribution >= 0.6 is 0 Å². The number of hydrogen-bond acceptors (Lipinski definition) is 5. The maximum Gasteiger partial charge on any atom is 0.213 e. The number of benzene rings is 2. The molecule has 7 heteroatoms. The molecule has 0 bridgehead atoms. The van der Waals surface area contributed by atoms with E-state index in [1.54, 1.807) is 18.2 Å². The normalized spacial score (nSPS) is 12.3. The summed E-state index contributed by atoms with van der Waals surface area (Å²) in [5.41, 5.74) is 1.28. The number of rotatable bonds is 5. The fourth-order valence-corrected chi connectivity index (χ4v) is 2.24. The molecule has 23 heavy (non-hydrogen) atoms. The molecular weight excluding hydrogens is 304 g/mol. The summed E-state index contributed by atoms with van der Waals surface area (Å²) in [5.74, 6) is -1.42. The predicted octanol–water partition coefficient (Wildman–Crippen LogP) is 2.93. The second-order valence-electron chi connectivity index (χ2n) is 4.95. The van der Waals surface area contributed by atoms with E-state index >= 15 is 0 Å². The van der Waals surface area contributed by atoms with Crippen LogP contribution in [0.3, 0.4) is 0 Å². The highest BCUT2D eigenvalue weighted by molar-refractivity contribution is 5.29. The van der Waals surface area contributed by atoms with E-state index in [1.807, 2.05) is 6.07 Å². The molecule has 0 aliphatic heterocycles. The summed E-state index contributed by atoms with van der Waals surface area (Å²) >= 11 is 0. The van der Waals surface area contributed by atoms with Gasteiger partial charge in [-0.05, 0) is 35.4 Å². The number of nitrogens with zero attached hydrogens (tertiary/aromatic N) is 2. The monoisotopic (exact) mass is 317 g/mol. The van der Waals surface area contributed by atoms with Gasteiger partial charge in [0.2, 0.25) is 6.39 Å². The Morgan fingerprint density at radius 3 is 2.70 bits per heavy atom. The van der Waals surface area contributed by atoms with Crippen LogP contribution in [-0.4, -0.2) is 15.2 Å². The standard InChI is InChI=1S/C16H13F2N3O2/c17-13-5-4-11(7-14(13)18)15(16-20-9-23-21-16)19-8-10-2-1-3-12(22)6-10/h1-7,9,15,19,22H,8H2/t15-/m1/s1. The highest BCUT2D eigenvalue weighted by Gasteiger charge is 2.19. The van der Waals surface area contributed by atoms with Crippen LogP contribution in [0.25, 0.3) is 0 Å². The van der Waals surface area contributed by atoms with Crippen molar-refractivity contribution in [2.75, 3.05) is 0 Å². The fraction of sp³-hybridized carbons (Fsp3) is 0.125. The first-order valence-electron chi connectivity index (χ1n) is 6.86. The zero-order chi connectivity index (χ0) is 16.2. The Balaban J connectivity index is 1.86. The molecular formula is C16H13F2N3O2. The van der Waals surface area contributed by atoms with Crippen LogP contribution in [0, 0.1) is 11.6 Å². The van der Waals surface area contributed by atoms with Gasteiger partial charge in [-0.25, -0.2) is 8.78 Å². The van der Waals surface area contributed by atoms with Gasteiger partial charge in [0.1, 0.15) is 5.75 Å². The molecule has 0 radical (unpaired) electrons. The minimum Gasteiger partial charge on any atom is -0.508 e. The molecule has 1 aromatic heterocycles. The minimum absolute atomic E-state index is 0.147. The molecule has 1 atom stereocenters. The Bertz CT molecular complexity index is 794. The van der Waals surface area contributed by atoms with Crippen molar-refractivity contribution in [2.45, 2.75) is 12.6 Å². The lowest BCUT2D eigenvalue weighted by molar-refractivity contribution is 0.401. The lowest BCUT2D eigenvalue weighted by Gasteiger charge is -2.16. The van der Waals surface area contributed by atoms with Gasteiger partial charge in [0, 0.05) is 6.54 Å². The molecule has 0 spiro atoms. The first-order valence-corrected chi connectivity index (χ1v) is 6.86. The summed E-state index contributed by atoms with van der Waals surface area (Å²) < 4.78 is 31.4. The molecule has 2 aromatic carbocycles. The lowest BCUT2D eigenvalue weighted by Crippen LogP contribution is -2.23. The van der Waals surface area contributed by atoms with E-state index in [0.717, 1.165) is 24.1 Å². The Labute approximate surface area is 130 Å². The van der Waals surface area contributed by atoms with E-state index in [2.05, 4.69) is 15.5 Å². The second kappa shape index (κ2) is 6.53. The molecule has 3 aromatic rings. The predicted molar refractivity (Wildman–Crippen MR) is 77.4 cm³/mol. The third-order valence-corrected chi connectivity index (χ3v) is 3.33. The molecule has 0 fully saturated rings. The van der Waals surface area contributed by atoms with Crippen molar-refractivity contribution in [1.82, 2.24) is 15.5 Å². The van der Waals surface area contributed by atoms with Crippen molar-refractivity contribution < 1.29 is 18.4 Å². The summed E-state index contributed by atoms with van der Waals surface area (Å²) in [7, 11) is 0. The maximum absolute atomic E-state index is 13.5. The number of hydrogen-bond donors (Lipinski definition) is 2. The molecule has 1 heterocycles. The van der Waals surface area contributed by atoms with Crippen LogP contribution in [-0.2, 0) is 6.54 Å². The van der Waals surface area contributed by atoms with E-state index in [0.29, 0.717) is 17.9 Å². The van der Waals surface area contributed by atoms with Crippen molar-refractivity contribution in [2.24, 2.45) is 0 Å². The number of phenols is 1. The largest absolute Gasteiger partial charge is 0.508 e. The van der Waals surface area contributed by atoms with Crippen LogP contribution < -0.4 is 5.32 Å². The highest BCUT2D eigenvalue weighted by Crippen LogP contribution is 2.22. The van der Waals surface area contributed by atoms with E-state index < -0.39 is 17.7 Å². The first-order chi connectivity index (χ1) is 11.1. The van der Waals surface area contributed by atoms with Crippen molar-refractivity contribution in [3.63, 3.8) is 0 Å². The lowest BCUT2D eigenvalue weighted by atomic mass is 10.1. The summed E-state index contributed by atoms with van der Waals surface area (Å²) in [4.78, 5) is 3.97. The third-order valence-electron chi connectivity index (χ3n) is 3.33. The van der Waals surface area contributed by atoms with Crippen molar-refractivity contribution in [1.29, 1.82) is 0 Å². The Morgan fingerprint density at radius 2 is 2.00 bits per heavy atom. The van der Waals surface area contributed by atoms with E-state index in [1.165, 1.54) is 6.07 Å². The smallest absolute Gasteiger partial charge is 0.213 e. The van der Waals surface area contributed by atoms with Gasteiger partial charge >= 0.3 is 0 Å². The minimum atomic E-state index is -0.949. The summed E-state index contributed by atoms with van der Waals surface area (Å²) in [6.07, 6.45) is 1.16. The van der Waals surface area contributed by atoms with Gasteiger partial charge in [-0.3, -0.25) is 5.32 Å². The molecule has 0 saturated carbocycles. The number of phenolic OH excluding ortho intramolecular Hbond substituents is 1. The number of halogens is 2. The number of nitrogens with one attached hydrogen (secondary N) is 1. The topological polar surface area (TPSA) is 71.2 Å². The van der Waals surface area contributed by atoms with Crippen molar-refractivity contribution >= 4 is 0 Å². The van der Waals surface area contributed by atoms with E-state index in [9.17, 15) is 13.9 Å². The van der Waals surface area contributed by atoms with Gasteiger partial charge in [0.15, 0.2) is 17.5 Å². The van der Waals surface area contributed by atoms with Crippen LogP contribution in [0.2, 0.25) is 0 Å².